The molecule has 0 aliphatic heterocycles. The monoisotopic (exact) mass is 248 g/mol. The van der Waals surface area contributed by atoms with E-state index >= 15 is 0 Å². The first-order chi connectivity index (χ1) is 8.17. The molecule has 90 valence electrons. The molecule has 0 heterocycles. The lowest BCUT2D eigenvalue weighted by atomic mass is 10.1. The van der Waals surface area contributed by atoms with Gasteiger partial charge in [0.2, 0.25) is 5.91 Å². The van der Waals surface area contributed by atoms with Crippen LogP contribution in [0.1, 0.15) is 19.4 Å². The zero-order valence-electron chi connectivity index (χ0n) is 10.1. The van der Waals surface area contributed by atoms with Crippen molar-refractivity contribution in [1.82, 2.24) is 0 Å². The quantitative estimate of drug-likeness (QED) is 0.871. The van der Waals surface area contributed by atoms with Crippen LogP contribution in [0.5, 0.6) is 0 Å². The zero-order valence-corrected chi connectivity index (χ0v) is 10.9. The van der Waals surface area contributed by atoms with Crippen molar-refractivity contribution in [3.05, 3.63) is 29.8 Å². The third kappa shape index (κ3) is 4.49. The first-order valence-corrected chi connectivity index (χ1v) is 6.60. The molecule has 1 N–H and O–H groups in total. The second-order valence-corrected chi connectivity index (χ2v) is 4.98. The predicted octanol–water partition coefficient (Wildman–Crippen LogP) is 2.83. The van der Waals surface area contributed by atoms with E-state index in [4.69, 9.17) is 5.26 Å². The van der Waals surface area contributed by atoms with Crippen LogP contribution in [0.25, 0.3) is 0 Å². The van der Waals surface area contributed by atoms with Gasteiger partial charge in [-0.3, -0.25) is 4.79 Å². The maximum atomic E-state index is 11.7. The molecule has 0 radical (unpaired) electrons. The molecule has 1 amide bonds. The highest BCUT2D eigenvalue weighted by atomic mass is 32.2. The molecule has 0 saturated carbocycles. The molecule has 1 rings (SSSR count). The van der Waals surface area contributed by atoms with Crippen LogP contribution in [0, 0.1) is 11.3 Å². The molecule has 1 atom stereocenters. The van der Waals surface area contributed by atoms with Gasteiger partial charge >= 0.3 is 0 Å². The Hall–Kier alpha value is -1.47. The second-order valence-electron chi connectivity index (χ2n) is 3.65. The summed E-state index contributed by atoms with van der Waals surface area (Å²) in [5.41, 5.74) is 2.05. The molecule has 17 heavy (non-hydrogen) atoms. The van der Waals surface area contributed by atoms with E-state index in [0.29, 0.717) is 5.75 Å². The second kappa shape index (κ2) is 6.97. The van der Waals surface area contributed by atoms with Gasteiger partial charge in [0.05, 0.1) is 17.1 Å². The first-order valence-electron chi connectivity index (χ1n) is 5.55. The number of carbonyl (C=O) groups excluding carboxylic acids is 1. The summed E-state index contributed by atoms with van der Waals surface area (Å²) in [4.78, 5) is 11.7. The topological polar surface area (TPSA) is 52.9 Å². The molecule has 0 aliphatic rings. The number of thioether (sulfide) groups is 1. The van der Waals surface area contributed by atoms with Crippen molar-refractivity contribution in [2.75, 3.05) is 11.1 Å². The number of hydrogen-bond donors (Lipinski definition) is 1. The molecule has 3 nitrogen and oxygen atoms in total. The third-order valence-electron chi connectivity index (χ3n) is 2.40. The highest BCUT2D eigenvalue weighted by Gasteiger charge is 2.12. The molecular weight excluding hydrogens is 232 g/mol. The standard InChI is InChI=1S/C13H16N2OS/c1-3-11-4-6-12(7-5-11)15-13(16)10(2)17-9-8-14/h4-7,10H,3,9H2,1-2H3,(H,15,16). The molecule has 0 bridgehead atoms. The Bertz CT molecular complexity index is 408. The largest absolute Gasteiger partial charge is 0.325 e. The molecular formula is C13H16N2OS. The highest BCUT2D eigenvalue weighted by Crippen LogP contribution is 2.14. The number of nitriles is 1. The van der Waals surface area contributed by atoms with E-state index in [1.165, 1.54) is 17.3 Å². The number of nitrogens with zero attached hydrogens (tertiary/aromatic N) is 1. The molecule has 4 heteroatoms. The van der Waals surface area contributed by atoms with Crippen molar-refractivity contribution < 1.29 is 4.79 Å². The normalized spacial score (nSPS) is 11.6. The van der Waals surface area contributed by atoms with E-state index in [1.807, 2.05) is 30.3 Å². The number of nitrogens with one attached hydrogen (secondary N) is 1. The van der Waals surface area contributed by atoms with Crippen molar-refractivity contribution in [1.29, 1.82) is 5.26 Å². The van der Waals surface area contributed by atoms with Crippen molar-refractivity contribution in [3.8, 4) is 6.07 Å². The van der Waals surface area contributed by atoms with E-state index in [0.717, 1.165) is 12.1 Å². The molecule has 1 aromatic rings. The fraction of sp³-hybridized carbons (Fsp3) is 0.385. The number of anilines is 1. The molecule has 0 fully saturated rings. The smallest absolute Gasteiger partial charge is 0.237 e. The number of rotatable bonds is 5. The first kappa shape index (κ1) is 13.6. The molecule has 1 aromatic carbocycles. The van der Waals surface area contributed by atoms with E-state index < -0.39 is 0 Å². The average Bonchev–Trinajstić information content (AvgIpc) is 2.36. The fourth-order valence-electron chi connectivity index (χ4n) is 1.31. The van der Waals surface area contributed by atoms with Gasteiger partial charge in [-0.05, 0) is 31.0 Å². The molecule has 0 aliphatic carbocycles. The highest BCUT2D eigenvalue weighted by molar-refractivity contribution is 8.00. The van der Waals surface area contributed by atoms with Crippen LogP contribution in [0.3, 0.4) is 0 Å². The number of carbonyl (C=O) groups is 1. The van der Waals surface area contributed by atoms with Crippen LogP contribution in [-0.4, -0.2) is 16.9 Å². The summed E-state index contributed by atoms with van der Waals surface area (Å²) in [5, 5.41) is 11.1. The van der Waals surface area contributed by atoms with Gasteiger partial charge in [0.1, 0.15) is 0 Å². The van der Waals surface area contributed by atoms with Crippen LogP contribution in [0.15, 0.2) is 24.3 Å². The maximum absolute atomic E-state index is 11.7. The summed E-state index contributed by atoms with van der Waals surface area (Å²) in [5.74, 6) is 0.276. The van der Waals surface area contributed by atoms with Gasteiger partial charge in [0, 0.05) is 5.69 Å². The van der Waals surface area contributed by atoms with Crippen LogP contribution in [-0.2, 0) is 11.2 Å². The van der Waals surface area contributed by atoms with Crippen LogP contribution < -0.4 is 5.32 Å². The van der Waals surface area contributed by atoms with Crippen molar-refractivity contribution in [3.63, 3.8) is 0 Å². The van der Waals surface area contributed by atoms with Gasteiger partial charge in [0.15, 0.2) is 0 Å². The Morgan fingerprint density at radius 1 is 1.47 bits per heavy atom. The third-order valence-corrected chi connectivity index (χ3v) is 3.41. The lowest BCUT2D eigenvalue weighted by Gasteiger charge is -2.10. The lowest BCUT2D eigenvalue weighted by Crippen LogP contribution is -2.22. The van der Waals surface area contributed by atoms with Gasteiger partial charge in [-0.1, -0.05) is 19.1 Å². The van der Waals surface area contributed by atoms with Gasteiger partial charge in [0.25, 0.3) is 0 Å². The number of benzene rings is 1. The summed E-state index contributed by atoms with van der Waals surface area (Å²) in [6.45, 7) is 3.89. The SMILES string of the molecule is CCc1ccc(NC(=O)C(C)SCC#N)cc1. The van der Waals surface area contributed by atoms with Crippen LogP contribution in [0.2, 0.25) is 0 Å². The molecule has 1 unspecified atom stereocenters. The summed E-state index contributed by atoms with van der Waals surface area (Å²) in [6.07, 6.45) is 0.989. The minimum Gasteiger partial charge on any atom is -0.325 e. The number of hydrogen-bond acceptors (Lipinski definition) is 3. The summed E-state index contributed by atoms with van der Waals surface area (Å²) in [6, 6.07) is 9.82. The Labute approximate surface area is 106 Å². The maximum Gasteiger partial charge on any atom is 0.237 e. The zero-order chi connectivity index (χ0) is 12.7. The van der Waals surface area contributed by atoms with Crippen molar-refractivity contribution in [2.24, 2.45) is 0 Å². The minimum atomic E-state index is -0.208. The van der Waals surface area contributed by atoms with Crippen LogP contribution in [0.4, 0.5) is 5.69 Å². The molecule has 0 saturated heterocycles. The van der Waals surface area contributed by atoms with Crippen LogP contribution >= 0.6 is 11.8 Å². The van der Waals surface area contributed by atoms with Gasteiger partial charge in [-0.2, -0.15) is 5.26 Å². The van der Waals surface area contributed by atoms with E-state index in [9.17, 15) is 4.79 Å². The van der Waals surface area contributed by atoms with Gasteiger partial charge in [-0.15, -0.1) is 11.8 Å². The Morgan fingerprint density at radius 3 is 2.65 bits per heavy atom. The summed E-state index contributed by atoms with van der Waals surface area (Å²) in [7, 11) is 0. The molecule has 0 spiro atoms. The number of aryl methyl sites for hydroxylation is 1. The van der Waals surface area contributed by atoms with E-state index in [2.05, 4.69) is 12.2 Å². The minimum absolute atomic E-state index is 0.0606. The Morgan fingerprint density at radius 2 is 2.12 bits per heavy atom. The summed E-state index contributed by atoms with van der Waals surface area (Å²) < 4.78 is 0. The predicted molar refractivity (Wildman–Crippen MR) is 72.0 cm³/mol. The van der Waals surface area contributed by atoms with Crippen molar-refractivity contribution >= 4 is 23.4 Å². The summed E-state index contributed by atoms with van der Waals surface area (Å²) >= 11 is 1.34. The van der Waals surface area contributed by atoms with E-state index in [1.54, 1.807) is 6.92 Å². The molecule has 0 aromatic heterocycles. The Balaban J connectivity index is 2.52. The Kier molecular flexibility index (Phi) is 5.58. The fourth-order valence-corrected chi connectivity index (χ4v) is 1.84. The van der Waals surface area contributed by atoms with Gasteiger partial charge < -0.3 is 5.32 Å². The van der Waals surface area contributed by atoms with Gasteiger partial charge in [-0.25, -0.2) is 0 Å². The number of amides is 1. The van der Waals surface area contributed by atoms with Crippen molar-refractivity contribution in [2.45, 2.75) is 25.5 Å². The average molecular weight is 248 g/mol. The lowest BCUT2D eigenvalue weighted by molar-refractivity contribution is -0.115. The van der Waals surface area contributed by atoms with E-state index in [-0.39, 0.29) is 11.2 Å².